The molecule has 0 unspecified atom stereocenters. The molecular weight excluding hydrogens is 599 g/mol. The normalized spacial score (nSPS) is 11.3. The van der Waals surface area contributed by atoms with Gasteiger partial charge in [0.1, 0.15) is 11.2 Å². The van der Waals surface area contributed by atoms with Crippen LogP contribution in [0.5, 0.6) is 0 Å². The van der Waals surface area contributed by atoms with Crippen molar-refractivity contribution in [2.75, 3.05) is 0 Å². The number of hydrogen-bond donors (Lipinski definition) is 0. The molecular formula is C42H26N2OV. The number of aromatic nitrogens is 2. The first-order valence-electron chi connectivity index (χ1n) is 15.2. The van der Waals surface area contributed by atoms with E-state index in [4.69, 9.17) is 14.4 Å². The van der Waals surface area contributed by atoms with Gasteiger partial charge in [-0.1, -0.05) is 127 Å². The van der Waals surface area contributed by atoms with Gasteiger partial charge >= 0.3 is 0 Å². The molecule has 0 atom stereocenters. The van der Waals surface area contributed by atoms with Crippen LogP contribution in [0.25, 0.3) is 88.5 Å². The Bertz CT molecular complexity index is 2540. The van der Waals surface area contributed by atoms with E-state index in [9.17, 15) is 0 Å². The van der Waals surface area contributed by atoms with Gasteiger partial charge in [-0.3, -0.25) is 0 Å². The van der Waals surface area contributed by atoms with Crippen molar-refractivity contribution in [1.29, 1.82) is 0 Å². The molecule has 0 aliphatic rings. The van der Waals surface area contributed by atoms with Crippen LogP contribution < -0.4 is 0 Å². The maximum Gasteiger partial charge on any atom is 0.160 e. The van der Waals surface area contributed by atoms with E-state index in [1.807, 2.05) is 18.2 Å². The minimum Gasteiger partial charge on any atom is -0.455 e. The topological polar surface area (TPSA) is 38.9 Å². The summed E-state index contributed by atoms with van der Waals surface area (Å²) in [5.74, 6) is 0.675. The molecule has 0 amide bonds. The average molecular weight is 626 g/mol. The second-order valence-corrected chi connectivity index (χ2v) is 11.4. The van der Waals surface area contributed by atoms with Gasteiger partial charge in [-0.25, -0.2) is 9.97 Å². The summed E-state index contributed by atoms with van der Waals surface area (Å²) >= 11 is 0. The molecule has 0 bridgehead atoms. The first-order chi connectivity index (χ1) is 22.3. The van der Waals surface area contributed by atoms with E-state index in [1.54, 1.807) is 0 Å². The number of nitrogens with zero attached hydrogens (tertiary/aromatic N) is 2. The number of hydrogen-bond acceptors (Lipinski definition) is 3. The van der Waals surface area contributed by atoms with E-state index in [-0.39, 0.29) is 18.6 Å². The quantitative estimate of drug-likeness (QED) is 0.195. The summed E-state index contributed by atoms with van der Waals surface area (Å²) in [6.07, 6.45) is 0. The smallest absolute Gasteiger partial charge is 0.160 e. The maximum atomic E-state index is 6.48. The predicted octanol–water partition coefficient (Wildman–Crippen LogP) is 11.3. The van der Waals surface area contributed by atoms with Gasteiger partial charge in [0.15, 0.2) is 5.82 Å². The van der Waals surface area contributed by atoms with Gasteiger partial charge in [-0.2, -0.15) is 0 Å². The van der Waals surface area contributed by atoms with Crippen LogP contribution in [0.15, 0.2) is 162 Å². The Balaban J connectivity index is 0.00000312. The summed E-state index contributed by atoms with van der Waals surface area (Å²) in [5, 5.41) is 5.51. The largest absolute Gasteiger partial charge is 0.455 e. The number of benzene rings is 7. The fourth-order valence-corrected chi connectivity index (χ4v) is 6.40. The van der Waals surface area contributed by atoms with Gasteiger partial charge in [0, 0.05) is 51.2 Å². The van der Waals surface area contributed by atoms with E-state index in [0.717, 1.165) is 66.2 Å². The first kappa shape index (κ1) is 28.0. The fourth-order valence-electron chi connectivity index (χ4n) is 6.40. The second-order valence-electron chi connectivity index (χ2n) is 11.4. The van der Waals surface area contributed by atoms with Crippen LogP contribution in [0.4, 0.5) is 0 Å². The van der Waals surface area contributed by atoms with Crippen LogP contribution in [0.3, 0.4) is 0 Å². The Kier molecular flexibility index (Phi) is 6.99. The minimum atomic E-state index is 0. The monoisotopic (exact) mass is 625 g/mol. The van der Waals surface area contributed by atoms with Gasteiger partial charge in [-0.05, 0) is 58.0 Å². The third kappa shape index (κ3) is 4.78. The molecule has 46 heavy (non-hydrogen) atoms. The van der Waals surface area contributed by atoms with E-state index in [1.165, 1.54) is 16.5 Å². The van der Waals surface area contributed by atoms with Crippen LogP contribution in [-0.2, 0) is 18.6 Å². The summed E-state index contributed by atoms with van der Waals surface area (Å²) in [5.41, 5.74) is 10.3. The minimum absolute atomic E-state index is 0. The molecule has 1 radical (unpaired) electrons. The SMILES string of the molecule is [V].c1ccc(-c2ccc(-c3cccc(-c4nc(-c5ccc6c(c5)oc5c7ccccc7ccc65)nc5ccccc45)c3)cc2)cc1. The first-order valence-corrected chi connectivity index (χ1v) is 15.2. The molecule has 0 saturated heterocycles. The van der Waals surface area contributed by atoms with Gasteiger partial charge < -0.3 is 4.42 Å². The van der Waals surface area contributed by atoms with Crippen LogP contribution in [0, 0.1) is 0 Å². The summed E-state index contributed by atoms with van der Waals surface area (Å²) in [7, 11) is 0. The zero-order valence-corrected chi connectivity index (χ0v) is 26.2. The molecule has 0 fully saturated rings. The van der Waals surface area contributed by atoms with Crippen molar-refractivity contribution >= 4 is 43.6 Å². The van der Waals surface area contributed by atoms with Crippen molar-refractivity contribution < 1.29 is 23.0 Å². The van der Waals surface area contributed by atoms with Crippen LogP contribution >= 0.6 is 0 Å². The van der Waals surface area contributed by atoms with Crippen molar-refractivity contribution in [3.8, 4) is 44.9 Å². The Labute approximate surface area is 278 Å². The van der Waals surface area contributed by atoms with Crippen molar-refractivity contribution in [3.05, 3.63) is 158 Å². The molecule has 0 spiro atoms. The number of fused-ring (bicyclic) bond motifs is 6. The average Bonchev–Trinajstić information content (AvgIpc) is 3.50. The van der Waals surface area contributed by atoms with E-state index in [2.05, 4.69) is 140 Å². The number of para-hydroxylation sites is 1. The van der Waals surface area contributed by atoms with Gasteiger partial charge in [0.05, 0.1) is 11.2 Å². The maximum absolute atomic E-state index is 6.48. The van der Waals surface area contributed by atoms with E-state index in [0.29, 0.717) is 5.82 Å². The fraction of sp³-hybridized carbons (Fsp3) is 0. The molecule has 0 aliphatic heterocycles. The molecule has 215 valence electrons. The molecule has 0 saturated carbocycles. The summed E-state index contributed by atoms with van der Waals surface area (Å²) < 4.78 is 6.48. The van der Waals surface area contributed by atoms with Gasteiger partial charge in [-0.15, -0.1) is 0 Å². The zero-order valence-electron chi connectivity index (χ0n) is 24.8. The summed E-state index contributed by atoms with van der Waals surface area (Å²) in [6.45, 7) is 0. The standard InChI is InChI=1S/C42H26N2O.V/c1-2-9-27(10-3-1)28-17-19-29(20-18-28)31-12-8-13-32(25-31)40-37-15-6-7-16-38(37)43-42(44-40)33-22-23-35-36-24-21-30-11-4-5-14-34(30)41(36)45-39(35)26-33;/h1-26H;. The molecule has 3 nitrogen and oxygen atoms in total. The molecule has 2 heterocycles. The number of furan rings is 1. The van der Waals surface area contributed by atoms with Crippen molar-refractivity contribution in [2.24, 2.45) is 0 Å². The van der Waals surface area contributed by atoms with Crippen molar-refractivity contribution in [1.82, 2.24) is 9.97 Å². The Hall–Kier alpha value is -5.48. The van der Waals surface area contributed by atoms with E-state index >= 15 is 0 Å². The van der Waals surface area contributed by atoms with E-state index < -0.39 is 0 Å². The molecule has 2 aromatic heterocycles. The van der Waals surface area contributed by atoms with Crippen LogP contribution in [0.2, 0.25) is 0 Å². The van der Waals surface area contributed by atoms with Gasteiger partial charge in [0.25, 0.3) is 0 Å². The molecule has 0 aliphatic carbocycles. The van der Waals surface area contributed by atoms with Crippen LogP contribution in [-0.4, -0.2) is 9.97 Å². The Morgan fingerprint density at radius 3 is 1.87 bits per heavy atom. The predicted molar refractivity (Wildman–Crippen MR) is 186 cm³/mol. The summed E-state index contributed by atoms with van der Waals surface area (Å²) in [4.78, 5) is 10.2. The third-order valence-electron chi connectivity index (χ3n) is 8.69. The second kappa shape index (κ2) is 11.5. The van der Waals surface area contributed by atoms with Crippen LogP contribution in [0.1, 0.15) is 0 Å². The van der Waals surface area contributed by atoms with Crippen molar-refractivity contribution in [2.45, 2.75) is 0 Å². The molecule has 9 aromatic rings. The summed E-state index contributed by atoms with van der Waals surface area (Å²) in [6, 6.07) is 55.0. The van der Waals surface area contributed by atoms with Gasteiger partial charge in [0.2, 0.25) is 0 Å². The molecule has 4 heteroatoms. The molecule has 0 N–H and O–H groups in total. The van der Waals surface area contributed by atoms with Crippen molar-refractivity contribution in [3.63, 3.8) is 0 Å². The Morgan fingerprint density at radius 2 is 1.02 bits per heavy atom. The third-order valence-corrected chi connectivity index (χ3v) is 8.69. The Morgan fingerprint density at radius 1 is 0.391 bits per heavy atom. The molecule has 9 rings (SSSR count). The number of rotatable bonds is 4. The zero-order chi connectivity index (χ0) is 29.7. The molecule has 7 aromatic carbocycles.